The van der Waals surface area contributed by atoms with Gasteiger partial charge >= 0.3 is 6.36 Å². The van der Waals surface area contributed by atoms with E-state index in [4.69, 9.17) is 4.52 Å². The summed E-state index contributed by atoms with van der Waals surface area (Å²) in [6.07, 6.45) is -4.45. The molecule has 0 fully saturated rings. The van der Waals surface area contributed by atoms with Crippen LogP contribution in [0, 0.1) is 6.92 Å². The molecule has 27 heavy (non-hydrogen) atoms. The Morgan fingerprint density at radius 3 is 2.48 bits per heavy atom. The molecule has 0 spiro atoms. The van der Waals surface area contributed by atoms with E-state index in [2.05, 4.69) is 20.2 Å². The molecule has 1 N–H and O–H groups in total. The number of hydrogen-bond donors (Lipinski definition) is 1. The van der Waals surface area contributed by atoms with Crippen LogP contribution in [0.2, 0.25) is 0 Å². The third-order valence-electron chi connectivity index (χ3n) is 3.53. The van der Waals surface area contributed by atoms with Gasteiger partial charge in [-0.2, -0.15) is 4.98 Å². The van der Waals surface area contributed by atoms with Crippen LogP contribution in [-0.4, -0.2) is 22.4 Å². The molecule has 0 bridgehead atoms. The van der Waals surface area contributed by atoms with Gasteiger partial charge in [-0.15, -0.1) is 13.2 Å². The predicted molar refractivity (Wildman–Crippen MR) is 89.4 cm³/mol. The number of carbonyl (C=O) groups excluding carboxylic acids is 1. The quantitative estimate of drug-likeness (QED) is 0.724. The minimum atomic E-state index is -4.78. The highest BCUT2D eigenvalue weighted by atomic mass is 19.4. The van der Waals surface area contributed by atoms with Crippen LogP contribution >= 0.6 is 0 Å². The number of alkyl halides is 3. The van der Waals surface area contributed by atoms with Crippen LogP contribution in [-0.2, 0) is 6.42 Å². The van der Waals surface area contributed by atoms with Crippen LogP contribution < -0.4 is 10.1 Å². The molecule has 0 saturated heterocycles. The predicted octanol–water partition coefficient (Wildman–Crippen LogP) is 4.12. The van der Waals surface area contributed by atoms with Crippen molar-refractivity contribution in [2.75, 3.05) is 5.32 Å². The van der Waals surface area contributed by atoms with Crippen LogP contribution in [0.15, 0.2) is 53.1 Å². The number of nitrogens with one attached hydrogen (secondary N) is 1. The smallest absolute Gasteiger partial charge is 0.406 e. The Kier molecular flexibility index (Phi) is 5.11. The molecule has 1 amide bonds. The van der Waals surface area contributed by atoms with Gasteiger partial charge in [0.15, 0.2) is 5.82 Å². The molecule has 0 unspecified atom stereocenters. The number of ether oxygens (including phenoxy) is 1. The molecular formula is C18H14F3N3O3. The molecule has 0 aliphatic carbocycles. The fourth-order valence-corrected chi connectivity index (χ4v) is 2.37. The summed E-state index contributed by atoms with van der Waals surface area (Å²) in [6, 6.07) is 11.7. The molecule has 6 nitrogen and oxygen atoms in total. The number of nitrogens with zero attached hydrogens (tertiary/aromatic N) is 2. The summed E-state index contributed by atoms with van der Waals surface area (Å²) >= 11 is 0. The van der Waals surface area contributed by atoms with Crippen molar-refractivity contribution < 1.29 is 27.2 Å². The molecule has 9 heteroatoms. The third-order valence-corrected chi connectivity index (χ3v) is 3.53. The van der Waals surface area contributed by atoms with Gasteiger partial charge in [0, 0.05) is 11.3 Å². The highest BCUT2D eigenvalue weighted by Gasteiger charge is 2.31. The maximum atomic E-state index is 12.4. The molecule has 3 rings (SSSR count). The van der Waals surface area contributed by atoms with Crippen LogP contribution in [0.5, 0.6) is 5.75 Å². The fourth-order valence-electron chi connectivity index (χ4n) is 2.37. The fraction of sp³-hybridized carbons (Fsp3) is 0.167. The highest BCUT2D eigenvalue weighted by molar-refractivity contribution is 6.04. The van der Waals surface area contributed by atoms with Crippen molar-refractivity contribution in [2.45, 2.75) is 19.7 Å². The zero-order valence-corrected chi connectivity index (χ0v) is 14.1. The lowest BCUT2D eigenvalue weighted by molar-refractivity contribution is -0.274. The number of rotatable bonds is 5. The molecule has 0 saturated carbocycles. The van der Waals surface area contributed by atoms with Crippen molar-refractivity contribution in [3.8, 4) is 5.75 Å². The number of anilines is 1. The normalized spacial score (nSPS) is 11.3. The van der Waals surface area contributed by atoms with Crippen LogP contribution in [0.1, 0.15) is 27.6 Å². The van der Waals surface area contributed by atoms with Gasteiger partial charge in [0.2, 0.25) is 5.89 Å². The average molecular weight is 377 g/mol. The van der Waals surface area contributed by atoms with Crippen molar-refractivity contribution in [1.82, 2.24) is 10.1 Å². The summed E-state index contributed by atoms with van der Waals surface area (Å²) in [6.45, 7) is 1.70. The van der Waals surface area contributed by atoms with Gasteiger partial charge in [0.25, 0.3) is 5.91 Å². The van der Waals surface area contributed by atoms with Crippen molar-refractivity contribution in [1.29, 1.82) is 0 Å². The third kappa shape index (κ3) is 5.06. The minimum Gasteiger partial charge on any atom is -0.406 e. The molecule has 2 aromatic carbocycles. The second-order valence-electron chi connectivity index (χ2n) is 5.60. The number of benzene rings is 2. The lowest BCUT2D eigenvalue weighted by atomic mass is 10.1. The van der Waals surface area contributed by atoms with Crippen LogP contribution in [0.4, 0.5) is 18.9 Å². The van der Waals surface area contributed by atoms with Crippen molar-refractivity contribution in [3.05, 3.63) is 71.4 Å². The number of carbonyl (C=O) groups is 1. The first-order valence-corrected chi connectivity index (χ1v) is 7.84. The first kappa shape index (κ1) is 18.4. The Morgan fingerprint density at radius 2 is 1.85 bits per heavy atom. The molecular weight excluding hydrogens is 363 g/mol. The molecule has 0 radical (unpaired) electrons. The topological polar surface area (TPSA) is 77.2 Å². The zero-order chi connectivity index (χ0) is 19.4. The maximum absolute atomic E-state index is 12.4. The van der Waals surface area contributed by atoms with Gasteiger partial charge in [-0.25, -0.2) is 0 Å². The number of halogens is 3. The number of para-hydroxylation sites is 1. The van der Waals surface area contributed by atoms with E-state index in [1.807, 2.05) is 0 Å². The van der Waals surface area contributed by atoms with Crippen LogP contribution in [0.25, 0.3) is 0 Å². The Hall–Kier alpha value is -3.36. The standard InChI is InChI=1S/C18H14F3N3O3/c1-11-22-16(27-24-11)10-13-4-2-3-5-15(13)23-17(25)12-6-8-14(9-7-12)26-18(19,20)21/h2-9H,10H2,1H3,(H,23,25). The second kappa shape index (κ2) is 7.48. The first-order valence-electron chi connectivity index (χ1n) is 7.84. The molecule has 0 atom stereocenters. The Balaban J connectivity index is 1.72. The number of hydrogen-bond acceptors (Lipinski definition) is 5. The summed E-state index contributed by atoms with van der Waals surface area (Å²) in [5, 5.41) is 6.45. The van der Waals surface area contributed by atoms with Gasteiger partial charge < -0.3 is 14.6 Å². The summed E-state index contributed by atoms with van der Waals surface area (Å²) in [7, 11) is 0. The Labute approximate surface area is 152 Å². The molecule has 3 aromatic rings. The zero-order valence-electron chi connectivity index (χ0n) is 14.1. The van der Waals surface area contributed by atoms with E-state index in [1.54, 1.807) is 31.2 Å². The van der Waals surface area contributed by atoms with E-state index in [9.17, 15) is 18.0 Å². The van der Waals surface area contributed by atoms with Gasteiger partial charge in [-0.05, 0) is 42.8 Å². The van der Waals surface area contributed by atoms with Crippen molar-refractivity contribution in [2.24, 2.45) is 0 Å². The van der Waals surface area contributed by atoms with Crippen LogP contribution in [0.3, 0.4) is 0 Å². The van der Waals surface area contributed by atoms with E-state index < -0.39 is 18.0 Å². The van der Waals surface area contributed by atoms with Crippen molar-refractivity contribution >= 4 is 11.6 Å². The van der Waals surface area contributed by atoms with Crippen molar-refractivity contribution in [3.63, 3.8) is 0 Å². The summed E-state index contributed by atoms with van der Waals surface area (Å²) in [5.74, 6) is 0.0458. The Morgan fingerprint density at radius 1 is 1.15 bits per heavy atom. The van der Waals surface area contributed by atoms with Gasteiger partial charge in [-0.3, -0.25) is 4.79 Å². The first-order chi connectivity index (χ1) is 12.8. The maximum Gasteiger partial charge on any atom is 0.573 e. The summed E-state index contributed by atoms with van der Waals surface area (Å²) in [4.78, 5) is 16.5. The minimum absolute atomic E-state index is 0.188. The lowest BCUT2D eigenvalue weighted by Crippen LogP contribution is -2.17. The van der Waals surface area contributed by atoms with Gasteiger partial charge in [-0.1, -0.05) is 23.4 Å². The van der Waals surface area contributed by atoms with E-state index >= 15 is 0 Å². The van der Waals surface area contributed by atoms with E-state index in [1.165, 1.54) is 12.1 Å². The molecule has 1 aromatic heterocycles. The number of aromatic nitrogens is 2. The summed E-state index contributed by atoms with van der Waals surface area (Å²) < 4.78 is 45.5. The second-order valence-corrected chi connectivity index (χ2v) is 5.60. The number of aryl methyl sites for hydroxylation is 1. The van der Waals surface area contributed by atoms with E-state index in [-0.39, 0.29) is 5.56 Å². The largest absolute Gasteiger partial charge is 0.573 e. The lowest BCUT2D eigenvalue weighted by Gasteiger charge is -2.11. The summed E-state index contributed by atoms with van der Waals surface area (Å²) in [5.41, 5.74) is 1.48. The average Bonchev–Trinajstić information content (AvgIpc) is 3.01. The monoisotopic (exact) mass is 377 g/mol. The van der Waals surface area contributed by atoms with E-state index in [0.29, 0.717) is 23.8 Å². The molecule has 140 valence electrons. The Bertz CT molecular complexity index is 937. The van der Waals surface area contributed by atoms with Gasteiger partial charge in [0.05, 0.1) is 6.42 Å². The molecule has 0 aliphatic heterocycles. The highest BCUT2D eigenvalue weighted by Crippen LogP contribution is 2.24. The molecule has 1 heterocycles. The molecule has 0 aliphatic rings. The SMILES string of the molecule is Cc1noc(Cc2ccccc2NC(=O)c2ccc(OC(F)(F)F)cc2)n1. The van der Waals surface area contributed by atoms with Gasteiger partial charge in [0.1, 0.15) is 5.75 Å². The van der Waals surface area contributed by atoms with E-state index in [0.717, 1.165) is 17.7 Å². The number of amides is 1.